The van der Waals surface area contributed by atoms with Gasteiger partial charge < -0.3 is 20.1 Å². The summed E-state index contributed by atoms with van der Waals surface area (Å²) in [5.74, 6) is 0.537. The Bertz CT molecular complexity index is 575. The average molecular weight is 499 g/mol. The van der Waals surface area contributed by atoms with Crippen LogP contribution in [0.1, 0.15) is 38.2 Å². The molecule has 6 nitrogen and oxygen atoms in total. The third kappa shape index (κ3) is 11.6. The van der Waals surface area contributed by atoms with E-state index in [1.165, 1.54) is 13.2 Å². The molecule has 0 spiro atoms. The second-order valence-corrected chi connectivity index (χ2v) is 5.49. The van der Waals surface area contributed by atoms with Crippen LogP contribution < -0.4 is 15.4 Å². The van der Waals surface area contributed by atoms with Gasteiger partial charge in [0.1, 0.15) is 5.75 Å². The van der Waals surface area contributed by atoms with Crippen LogP contribution in [0.25, 0.3) is 0 Å². The Morgan fingerprint density at radius 2 is 1.93 bits per heavy atom. The SMILES string of the molecule is CCNC(=NCc1ccccc1OC(F)F)NCCCCCC(=O)OC.I. The summed E-state index contributed by atoms with van der Waals surface area (Å²) in [7, 11) is 1.38. The number of alkyl halides is 2. The Balaban J connectivity index is 0.00000676. The molecule has 0 saturated heterocycles. The van der Waals surface area contributed by atoms with Crippen molar-refractivity contribution in [3.8, 4) is 5.75 Å². The number of aliphatic imine (C=N–C) groups is 1. The van der Waals surface area contributed by atoms with E-state index < -0.39 is 6.61 Å². The van der Waals surface area contributed by atoms with Gasteiger partial charge in [0.15, 0.2) is 5.96 Å². The lowest BCUT2D eigenvalue weighted by Crippen LogP contribution is -2.37. The molecule has 0 atom stereocenters. The van der Waals surface area contributed by atoms with Gasteiger partial charge in [-0.2, -0.15) is 8.78 Å². The van der Waals surface area contributed by atoms with E-state index in [1.807, 2.05) is 6.92 Å². The standard InChI is InChI=1S/C18H27F2N3O3.HI/c1-3-21-18(22-12-8-4-5-11-16(24)25-2)23-13-14-9-6-7-10-15(14)26-17(19)20;/h6-7,9-10,17H,3-5,8,11-13H2,1-2H3,(H2,21,22,23);1H. The number of para-hydroxylation sites is 1. The quantitative estimate of drug-likeness (QED) is 0.160. The zero-order chi connectivity index (χ0) is 19.2. The van der Waals surface area contributed by atoms with E-state index in [0.717, 1.165) is 19.3 Å². The molecule has 27 heavy (non-hydrogen) atoms. The predicted octanol–water partition coefficient (Wildman–Crippen LogP) is 3.69. The number of nitrogens with one attached hydrogen (secondary N) is 2. The molecule has 2 N–H and O–H groups in total. The van der Waals surface area contributed by atoms with Crippen LogP contribution in [-0.4, -0.2) is 38.7 Å². The minimum absolute atomic E-state index is 0. The van der Waals surface area contributed by atoms with E-state index in [-0.39, 0.29) is 42.2 Å². The Hall–Kier alpha value is -1.65. The number of hydrogen-bond acceptors (Lipinski definition) is 4. The van der Waals surface area contributed by atoms with E-state index in [1.54, 1.807) is 18.2 Å². The van der Waals surface area contributed by atoms with Gasteiger partial charge in [-0.25, -0.2) is 4.99 Å². The van der Waals surface area contributed by atoms with Crippen molar-refractivity contribution in [2.75, 3.05) is 20.2 Å². The summed E-state index contributed by atoms with van der Waals surface area (Å²) in [4.78, 5) is 15.4. The maximum atomic E-state index is 12.4. The Kier molecular flexibility index (Phi) is 14.5. The summed E-state index contributed by atoms with van der Waals surface area (Å²) < 4.78 is 34.0. The van der Waals surface area contributed by atoms with Gasteiger partial charge in [-0.1, -0.05) is 24.6 Å². The summed E-state index contributed by atoms with van der Waals surface area (Å²) in [5, 5.41) is 6.29. The van der Waals surface area contributed by atoms with Crippen molar-refractivity contribution in [3.63, 3.8) is 0 Å². The zero-order valence-corrected chi connectivity index (χ0v) is 18.0. The average Bonchev–Trinajstić information content (AvgIpc) is 2.62. The van der Waals surface area contributed by atoms with Crippen LogP contribution in [0.15, 0.2) is 29.3 Å². The highest BCUT2D eigenvalue weighted by Crippen LogP contribution is 2.20. The fraction of sp³-hybridized carbons (Fsp3) is 0.556. The number of hydrogen-bond donors (Lipinski definition) is 2. The Morgan fingerprint density at radius 1 is 1.19 bits per heavy atom. The van der Waals surface area contributed by atoms with E-state index >= 15 is 0 Å². The van der Waals surface area contributed by atoms with Crippen LogP contribution in [0.4, 0.5) is 8.78 Å². The smallest absolute Gasteiger partial charge is 0.387 e. The van der Waals surface area contributed by atoms with E-state index in [9.17, 15) is 13.6 Å². The number of methoxy groups -OCH3 is 1. The fourth-order valence-electron chi connectivity index (χ4n) is 2.23. The minimum atomic E-state index is -2.86. The number of rotatable bonds is 11. The number of nitrogens with zero attached hydrogens (tertiary/aromatic N) is 1. The molecule has 0 fully saturated rings. The number of guanidine groups is 1. The predicted molar refractivity (Wildman–Crippen MR) is 112 cm³/mol. The lowest BCUT2D eigenvalue weighted by Gasteiger charge is -2.12. The first-order valence-electron chi connectivity index (χ1n) is 8.68. The molecule has 0 radical (unpaired) electrons. The monoisotopic (exact) mass is 499 g/mol. The Morgan fingerprint density at radius 3 is 2.59 bits per heavy atom. The molecule has 0 bridgehead atoms. The van der Waals surface area contributed by atoms with Crippen LogP contribution in [0.3, 0.4) is 0 Å². The third-order valence-electron chi connectivity index (χ3n) is 3.52. The maximum absolute atomic E-state index is 12.4. The first kappa shape index (κ1) is 25.4. The topological polar surface area (TPSA) is 72.0 Å². The molecular formula is C18H28F2IN3O3. The highest BCUT2D eigenvalue weighted by atomic mass is 127. The van der Waals surface area contributed by atoms with Crippen molar-refractivity contribution in [1.82, 2.24) is 10.6 Å². The van der Waals surface area contributed by atoms with E-state index in [2.05, 4.69) is 25.1 Å². The van der Waals surface area contributed by atoms with Crippen molar-refractivity contribution in [1.29, 1.82) is 0 Å². The van der Waals surface area contributed by atoms with Gasteiger partial charge in [0.25, 0.3) is 0 Å². The number of carbonyl (C=O) groups excluding carboxylic acids is 1. The molecule has 0 heterocycles. The van der Waals surface area contributed by atoms with Crippen molar-refractivity contribution in [2.45, 2.75) is 45.8 Å². The number of halogens is 3. The molecule has 0 aliphatic rings. The van der Waals surface area contributed by atoms with E-state index in [0.29, 0.717) is 31.0 Å². The number of carbonyl (C=O) groups is 1. The van der Waals surface area contributed by atoms with E-state index in [4.69, 9.17) is 0 Å². The van der Waals surface area contributed by atoms with Crippen molar-refractivity contribution in [3.05, 3.63) is 29.8 Å². The van der Waals surface area contributed by atoms with Gasteiger partial charge in [-0.15, -0.1) is 24.0 Å². The van der Waals surface area contributed by atoms with Gasteiger partial charge in [-0.05, 0) is 25.8 Å². The molecule has 0 saturated carbocycles. The summed E-state index contributed by atoms with van der Waals surface area (Å²) in [6, 6.07) is 6.60. The molecule has 1 rings (SSSR count). The van der Waals surface area contributed by atoms with Crippen LogP contribution in [0, 0.1) is 0 Å². The fourth-order valence-corrected chi connectivity index (χ4v) is 2.23. The van der Waals surface area contributed by atoms with Crippen molar-refractivity contribution in [2.24, 2.45) is 4.99 Å². The molecule has 0 amide bonds. The lowest BCUT2D eigenvalue weighted by molar-refractivity contribution is -0.140. The largest absolute Gasteiger partial charge is 0.469 e. The number of unbranched alkanes of at least 4 members (excludes halogenated alkanes) is 2. The first-order chi connectivity index (χ1) is 12.6. The molecule has 1 aromatic carbocycles. The van der Waals surface area contributed by atoms with Crippen LogP contribution in [0.5, 0.6) is 5.75 Å². The number of ether oxygens (including phenoxy) is 2. The van der Waals surface area contributed by atoms with Crippen molar-refractivity contribution >= 4 is 35.9 Å². The molecule has 0 aromatic heterocycles. The molecular weight excluding hydrogens is 471 g/mol. The molecule has 0 aliphatic carbocycles. The highest BCUT2D eigenvalue weighted by Gasteiger charge is 2.09. The summed E-state index contributed by atoms with van der Waals surface area (Å²) in [6.45, 7) is 0.685. The summed E-state index contributed by atoms with van der Waals surface area (Å²) in [6.07, 6.45) is 2.98. The second kappa shape index (κ2) is 15.4. The van der Waals surface area contributed by atoms with Gasteiger partial charge in [0.2, 0.25) is 0 Å². The van der Waals surface area contributed by atoms with Crippen LogP contribution >= 0.6 is 24.0 Å². The van der Waals surface area contributed by atoms with Gasteiger partial charge in [0.05, 0.1) is 13.7 Å². The number of esters is 1. The van der Waals surface area contributed by atoms with Crippen molar-refractivity contribution < 1.29 is 23.0 Å². The van der Waals surface area contributed by atoms with Gasteiger partial charge >= 0.3 is 12.6 Å². The molecule has 9 heteroatoms. The number of benzene rings is 1. The molecule has 0 unspecified atom stereocenters. The van der Waals surface area contributed by atoms with Crippen LogP contribution in [0.2, 0.25) is 0 Å². The molecule has 0 aliphatic heterocycles. The third-order valence-corrected chi connectivity index (χ3v) is 3.52. The molecule has 154 valence electrons. The zero-order valence-electron chi connectivity index (χ0n) is 15.7. The second-order valence-electron chi connectivity index (χ2n) is 5.49. The Labute approximate surface area is 176 Å². The lowest BCUT2D eigenvalue weighted by atomic mass is 10.2. The summed E-state index contributed by atoms with van der Waals surface area (Å²) >= 11 is 0. The molecule has 1 aromatic rings. The van der Waals surface area contributed by atoms with Gasteiger partial charge in [0, 0.05) is 25.1 Å². The van der Waals surface area contributed by atoms with Crippen LogP contribution in [-0.2, 0) is 16.1 Å². The first-order valence-corrected chi connectivity index (χ1v) is 8.68. The maximum Gasteiger partial charge on any atom is 0.387 e. The highest BCUT2D eigenvalue weighted by molar-refractivity contribution is 14.0. The van der Waals surface area contributed by atoms with Gasteiger partial charge in [-0.3, -0.25) is 4.79 Å². The normalized spacial score (nSPS) is 10.9. The summed E-state index contributed by atoms with van der Waals surface area (Å²) in [5.41, 5.74) is 0.586. The minimum Gasteiger partial charge on any atom is -0.469 e.